The maximum Gasteiger partial charge on any atom is 0.357 e. The zero-order valence-electron chi connectivity index (χ0n) is 13.6. The summed E-state index contributed by atoms with van der Waals surface area (Å²) in [6.07, 6.45) is 0. The van der Waals surface area contributed by atoms with E-state index in [-0.39, 0.29) is 11.5 Å². The van der Waals surface area contributed by atoms with Crippen LogP contribution in [-0.2, 0) is 7.05 Å². The molecule has 0 atom stereocenters. The molecular weight excluding hydrogens is 322 g/mol. The van der Waals surface area contributed by atoms with Gasteiger partial charge in [-0.3, -0.25) is 19.7 Å². The summed E-state index contributed by atoms with van der Waals surface area (Å²) >= 11 is 0. The van der Waals surface area contributed by atoms with Crippen LogP contribution in [0.2, 0.25) is 0 Å². The van der Waals surface area contributed by atoms with Crippen LogP contribution in [0.3, 0.4) is 0 Å². The molecule has 0 spiro atoms. The third-order valence-electron chi connectivity index (χ3n) is 4.02. The van der Waals surface area contributed by atoms with Gasteiger partial charge in [0.15, 0.2) is 5.78 Å². The number of rotatable bonds is 4. The molecule has 126 valence electrons. The monoisotopic (exact) mass is 337 g/mol. The maximum absolute atomic E-state index is 12.4. The van der Waals surface area contributed by atoms with Crippen LogP contribution in [0, 0.1) is 10.1 Å². The Morgan fingerprint density at radius 3 is 2.36 bits per heavy atom. The van der Waals surface area contributed by atoms with Crippen LogP contribution < -0.4 is 10.9 Å². The molecule has 25 heavy (non-hydrogen) atoms. The molecule has 1 aromatic heterocycles. The number of benzene rings is 2. The smallest absolute Gasteiger partial charge is 0.349 e. The number of hydrogen-bond acceptors (Lipinski definition) is 5. The fraction of sp³-hybridized carbons (Fsp3) is 0.111. The lowest BCUT2D eigenvalue weighted by molar-refractivity contribution is -0.385. The van der Waals surface area contributed by atoms with Gasteiger partial charge >= 0.3 is 11.2 Å². The summed E-state index contributed by atoms with van der Waals surface area (Å²) in [6, 6.07) is 13.5. The maximum atomic E-state index is 12.4. The van der Waals surface area contributed by atoms with E-state index in [0.29, 0.717) is 22.2 Å². The van der Waals surface area contributed by atoms with Crippen molar-refractivity contribution in [2.75, 3.05) is 5.32 Å². The fourth-order valence-corrected chi connectivity index (χ4v) is 2.71. The summed E-state index contributed by atoms with van der Waals surface area (Å²) in [5.41, 5.74) is 0.601. The van der Waals surface area contributed by atoms with E-state index in [2.05, 4.69) is 5.32 Å². The van der Waals surface area contributed by atoms with E-state index in [1.54, 1.807) is 48.5 Å². The first-order valence-corrected chi connectivity index (χ1v) is 7.54. The van der Waals surface area contributed by atoms with Gasteiger partial charge in [-0.2, -0.15) is 0 Å². The number of ketones is 1. The Balaban J connectivity index is 2.22. The van der Waals surface area contributed by atoms with Crippen LogP contribution in [0.4, 0.5) is 17.1 Å². The number of nitrogens with zero attached hydrogens (tertiary/aromatic N) is 2. The van der Waals surface area contributed by atoms with E-state index in [4.69, 9.17) is 0 Å². The van der Waals surface area contributed by atoms with Crippen LogP contribution in [0.5, 0.6) is 0 Å². The lowest BCUT2D eigenvalue weighted by Gasteiger charge is -2.13. The highest BCUT2D eigenvalue weighted by Gasteiger charge is 2.24. The van der Waals surface area contributed by atoms with Crippen LogP contribution in [0.1, 0.15) is 17.3 Å². The van der Waals surface area contributed by atoms with Gasteiger partial charge in [0.05, 0.1) is 10.4 Å². The second-order valence-corrected chi connectivity index (χ2v) is 5.62. The molecule has 0 bridgehead atoms. The summed E-state index contributed by atoms with van der Waals surface area (Å²) in [5.74, 6) is -0.0726. The molecule has 1 heterocycles. The predicted molar refractivity (Wildman–Crippen MR) is 95.6 cm³/mol. The van der Waals surface area contributed by atoms with Gasteiger partial charge in [0, 0.05) is 23.7 Å². The molecule has 3 rings (SSSR count). The molecule has 0 saturated heterocycles. The average molecular weight is 337 g/mol. The lowest BCUT2D eigenvalue weighted by Crippen LogP contribution is -2.21. The van der Waals surface area contributed by atoms with Crippen molar-refractivity contribution >= 4 is 33.7 Å². The number of nitrogens with one attached hydrogen (secondary N) is 1. The number of pyridine rings is 1. The molecule has 0 amide bonds. The molecule has 0 saturated carbocycles. The van der Waals surface area contributed by atoms with Gasteiger partial charge in [0.25, 0.3) is 0 Å². The number of carbonyl (C=O) groups excluding carboxylic acids is 1. The average Bonchev–Trinajstić information content (AvgIpc) is 2.59. The van der Waals surface area contributed by atoms with Crippen molar-refractivity contribution in [3.8, 4) is 0 Å². The second kappa shape index (κ2) is 6.20. The Kier molecular flexibility index (Phi) is 4.06. The van der Waals surface area contributed by atoms with Crippen molar-refractivity contribution in [2.24, 2.45) is 7.05 Å². The number of aromatic nitrogens is 1. The van der Waals surface area contributed by atoms with E-state index < -0.39 is 16.2 Å². The molecule has 1 N–H and O–H groups in total. The fourth-order valence-electron chi connectivity index (χ4n) is 2.71. The summed E-state index contributed by atoms with van der Waals surface area (Å²) in [4.78, 5) is 34.6. The molecule has 3 aromatic rings. The lowest BCUT2D eigenvalue weighted by atomic mass is 10.1. The SMILES string of the molecule is CC(=O)c1ccc(Nc2c([N+](=O)[O-])c(=O)n(C)c3ccccc23)cc1. The minimum Gasteiger partial charge on any atom is -0.349 e. The van der Waals surface area contributed by atoms with Crippen LogP contribution >= 0.6 is 0 Å². The summed E-state index contributed by atoms with van der Waals surface area (Å²) in [7, 11) is 1.50. The van der Waals surface area contributed by atoms with E-state index >= 15 is 0 Å². The van der Waals surface area contributed by atoms with E-state index in [9.17, 15) is 19.7 Å². The molecule has 0 aliphatic rings. The molecule has 7 nitrogen and oxygen atoms in total. The van der Waals surface area contributed by atoms with Crippen LogP contribution in [0.15, 0.2) is 53.3 Å². The second-order valence-electron chi connectivity index (χ2n) is 5.62. The summed E-state index contributed by atoms with van der Waals surface area (Å²) < 4.78 is 1.26. The van der Waals surface area contributed by atoms with Gasteiger partial charge in [-0.15, -0.1) is 0 Å². The zero-order chi connectivity index (χ0) is 18.1. The van der Waals surface area contributed by atoms with E-state index in [1.807, 2.05) is 0 Å². The Hall–Kier alpha value is -3.48. The molecule has 0 aliphatic carbocycles. The largest absolute Gasteiger partial charge is 0.357 e. The van der Waals surface area contributed by atoms with Crippen LogP contribution in [0.25, 0.3) is 10.9 Å². The van der Waals surface area contributed by atoms with Gasteiger partial charge < -0.3 is 9.88 Å². The van der Waals surface area contributed by atoms with Gasteiger partial charge in [-0.1, -0.05) is 18.2 Å². The number of Topliss-reactive ketones (excluding diaryl/α,β-unsaturated/α-hetero) is 1. The topological polar surface area (TPSA) is 94.2 Å². The molecule has 0 unspecified atom stereocenters. The van der Waals surface area contributed by atoms with Crippen molar-refractivity contribution < 1.29 is 9.72 Å². The Bertz CT molecular complexity index is 1050. The van der Waals surface area contributed by atoms with Crippen molar-refractivity contribution in [1.29, 1.82) is 0 Å². The highest BCUT2D eigenvalue weighted by Crippen LogP contribution is 2.32. The molecule has 7 heteroatoms. The number of nitro groups is 1. The number of fused-ring (bicyclic) bond motifs is 1. The van der Waals surface area contributed by atoms with Crippen molar-refractivity contribution in [3.63, 3.8) is 0 Å². The quantitative estimate of drug-likeness (QED) is 0.447. The summed E-state index contributed by atoms with van der Waals surface area (Å²) in [5, 5.41) is 15.0. The minimum atomic E-state index is -0.688. The first-order chi connectivity index (χ1) is 11.9. The minimum absolute atomic E-state index is 0.0726. The number of para-hydroxylation sites is 1. The molecular formula is C18H15N3O4. The molecule has 0 fully saturated rings. The number of anilines is 2. The molecule has 2 aromatic carbocycles. The summed E-state index contributed by atoms with van der Waals surface area (Å²) in [6.45, 7) is 1.46. The Morgan fingerprint density at radius 2 is 1.76 bits per heavy atom. The Labute approximate surface area is 142 Å². The van der Waals surface area contributed by atoms with Crippen molar-refractivity contribution in [1.82, 2.24) is 4.57 Å². The van der Waals surface area contributed by atoms with Crippen molar-refractivity contribution in [3.05, 3.63) is 74.6 Å². The highest BCUT2D eigenvalue weighted by atomic mass is 16.6. The van der Waals surface area contributed by atoms with Gasteiger partial charge in [0.2, 0.25) is 0 Å². The van der Waals surface area contributed by atoms with Gasteiger partial charge in [-0.05, 0) is 37.3 Å². The van der Waals surface area contributed by atoms with Gasteiger partial charge in [-0.25, -0.2) is 0 Å². The normalized spacial score (nSPS) is 10.6. The number of aryl methyl sites for hydroxylation is 1. The van der Waals surface area contributed by atoms with Gasteiger partial charge in [0.1, 0.15) is 5.69 Å². The van der Waals surface area contributed by atoms with E-state index in [1.165, 1.54) is 18.5 Å². The number of hydrogen-bond donors (Lipinski definition) is 1. The number of carbonyl (C=O) groups is 1. The third-order valence-corrected chi connectivity index (χ3v) is 4.02. The highest BCUT2D eigenvalue weighted by molar-refractivity contribution is 5.98. The Morgan fingerprint density at radius 1 is 1.12 bits per heavy atom. The first kappa shape index (κ1) is 16.4. The standard InChI is InChI=1S/C18H15N3O4/c1-11(22)12-7-9-13(10-8-12)19-16-14-5-3-4-6-15(14)20(2)18(23)17(16)21(24)25/h3-10,19H,1-2H3. The predicted octanol–water partition coefficient (Wildman–Crippen LogP) is 3.39. The van der Waals surface area contributed by atoms with Crippen molar-refractivity contribution in [2.45, 2.75) is 6.92 Å². The first-order valence-electron chi connectivity index (χ1n) is 7.54. The van der Waals surface area contributed by atoms with E-state index in [0.717, 1.165) is 0 Å². The zero-order valence-corrected chi connectivity index (χ0v) is 13.6. The third kappa shape index (κ3) is 2.87. The van der Waals surface area contributed by atoms with Crippen LogP contribution in [-0.4, -0.2) is 15.3 Å². The molecule has 0 aliphatic heterocycles. The molecule has 0 radical (unpaired) electrons.